The summed E-state index contributed by atoms with van der Waals surface area (Å²) in [6.45, 7) is 2.36. The predicted molar refractivity (Wildman–Crippen MR) is 77.4 cm³/mol. The topological polar surface area (TPSA) is 26.3 Å². The minimum Gasteiger partial charge on any atom is -0.487 e. The molecule has 2 aromatic rings. The van der Waals surface area contributed by atoms with Crippen LogP contribution in [-0.2, 0) is 6.61 Å². The fourth-order valence-electron chi connectivity index (χ4n) is 1.78. The second-order valence-corrected chi connectivity index (χ2v) is 5.05. The Morgan fingerprint density at radius 2 is 2.00 bits per heavy atom. The molecule has 0 bridgehead atoms. The van der Waals surface area contributed by atoms with Crippen LogP contribution in [0.25, 0.3) is 0 Å². The molecule has 0 amide bonds. The van der Waals surface area contributed by atoms with Crippen LogP contribution >= 0.6 is 23.2 Å². The molecule has 98 valence electrons. The third-order valence-corrected chi connectivity index (χ3v) is 3.13. The number of aldehydes is 1. The minimum atomic E-state index is 0.335. The average molecular weight is 295 g/mol. The quantitative estimate of drug-likeness (QED) is 0.765. The Hall–Kier alpha value is -1.51. The van der Waals surface area contributed by atoms with Crippen LogP contribution in [0.1, 0.15) is 21.5 Å². The van der Waals surface area contributed by atoms with Crippen LogP contribution in [0.5, 0.6) is 5.75 Å². The largest absolute Gasteiger partial charge is 0.487 e. The average Bonchev–Trinajstić information content (AvgIpc) is 2.37. The third kappa shape index (κ3) is 3.49. The van der Waals surface area contributed by atoms with Gasteiger partial charge in [0.15, 0.2) is 6.29 Å². The SMILES string of the molecule is Cc1cccc(COc2c(Cl)cc(Cl)cc2C=O)c1. The van der Waals surface area contributed by atoms with Gasteiger partial charge in [-0.15, -0.1) is 0 Å². The van der Waals surface area contributed by atoms with Crippen LogP contribution in [0.4, 0.5) is 0 Å². The molecular weight excluding hydrogens is 283 g/mol. The molecule has 4 heteroatoms. The fraction of sp³-hybridized carbons (Fsp3) is 0.133. The lowest BCUT2D eigenvalue weighted by Crippen LogP contribution is -1.99. The highest BCUT2D eigenvalue weighted by molar-refractivity contribution is 6.36. The Bertz CT molecular complexity index is 609. The summed E-state index contributed by atoms with van der Waals surface area (Å²) in [6, 6.07) is 11.0. The van der Waals surface area contributed by atoms with Crippen molar-refractivity contribution >= 4 is 29.5 Å². The Kier molecular flexibility index (Phi) is 4.46. The fourth-order valence-corrected chi connectivity index (χ4v) is 2.34. The molecule has 0 aliphatic carbocycles. The number of aryl methyl sites for hydroxylation is 1. The second-order valence-electron chi connectivity index (χ2n) is 4.20. The number of benzene rings is 2. The first-order valence-electron chi connectivity index (χ1n) is 5.72. The van der Waals surface area contributed by atoms with E-state index in [4.69, 9.17) is 27.9 Å². The Labute approximate surface area is 121 Å². The molecule has 2 rings (SSSR count). The predicted octanol–water partition coefficient (Wildman–Crippen LogP) is 4.69. The molecule has 2 aromatic carbocycles. The molecular formula is C15H12Cl2O2. The summed E-state index contributed by atoms with van der Waals surface area (Å²) in [6.07, 6.45) is 0.684. The van der Waals surface area contributed by atoms with Crippen molar-refractivity contribution in [1.82, 2.24) is 0 Å². The highest BCUT2D eigenvalue weighted by Gasteiger charge is 2.10. The van der Waals surface area contributed by atoms with Gasteiger partial charge in [0.2, 0.25) is 0 Å². The molecule has 0 aromatic heterocycles. The first-order chi connectivity index (χ1) is 9.10. The summed E-state index contributed by atoms with van der Waals surface area (Å²) in [5.41, 5.74) is 2.52. The van der Waals surface area contributed by atoms with Crippen molar-refractivity contribution in [3.05, 3.63) is 63.1 Å². The molecule has 19 heavy (non-hydrogen) atoms. The van der Waals surface area contributed by atoms with Crippen molar-refractivity contribution in [2.24, 2.45) is 0 Å². The lowest BCUT2D eigenvalue weighted by molar-refractivity contribution is 0.111. The highest BCUT2D eigenvalue weighted by Crippen LogP contribution is 2.32. The van der Waals surface area contributed by atoms with Crippen LogP contribution < -0.4 is 4.74 Å². The summed E-state index contributed by atoms with van der Waals surface area (Å²) < 4.78 is 5.63. The number of rotatable bonds is 4. The van der Waals surface area contributed by atoms with E-state index in [2.05, 4.69) is 0 Å². The second kappa shape index (κ2) is 6.09. The summed E-state index contributed by atoms with van der Waals surface area (Å²) in [7, 11) is 0. The zero-order valence-electron chi connectivity index (χ0n) is 10.3. The Morgan fingerprint density at radius 1 is 1.21 bits per heavy atom. The van der Waals surface area contributed by atoms with Gasteiger partial charge in [0.25, 0.3) is 0 Å². The Balaban J connectivity index is 2.22. The number of ether oxygens (including phenoxy) is 1. The zero-order valence-corrected chi connectivity index (χ0v) is 11.8. The van der Waals surface area contributed by atoms with Crippen molar-refractivity contribution in [3.8, 4) is 5.75 Å². The third-order valence-electron chi connectivity index (χ3n) is 2.63. The summed E-state index contributed by atoms with van der Waals surface area (Å²) in [4.78, 5) is 11.0. The number of carbonyl (C=O) groups excluding carboxylic acids is 1. The summed E-state index contributed by atoms with van der Waals surface area (Å²) >= 11 is 11.9. The van der Waals surface area contributed by atoms with Crippen LogP contribution in [0.3, 0.4) is 0 Å². The number of carbonyl (C=O) groups is 1. The molecule has 0 saturated heterocycles. The minimum absolute atomic E-state index is 0.335. The van der Waals surface area contributed by atoms with Gasteiger partial charge in [-0.05, 0) is 24.6 Å². The van der Waals surface area contributed by atoms with Crippen molar-refractivity contribution in [1.29, 1.82) is 0 Å². The first-order valence-corrected chi connectivity index (χ1v) is 6.48. The number of hydrogen-bond donors (Lipinski definition) is 0. The molecule has 0 unspecified atom stereocenters. The molecule has 0 atom stereocenters. The molecule has 0 N–H and O–H groups in total. The van der Waals surface area contributed by atoms with Crippen LogP contribution in [-0.4, -0.2) is 6.29 Å². The van der Waals surface area contributed by atoms with Gasteiger partial charge < -0.3 is 4.74 Å². The van der Waals surface area contributed by atoms with E-state index < -0.39 is 0 Å². The number of hydrogen-bond acceptors (Lipinski definition) is 2. The van der Waals surface area contributed by atoms with E-state index in [0.717, 1.165) is 11.1 Å². The van der Waals surface area contributed by atoms with Crippen LogP contribution in [0.15, 0.2) is 36.4 Å². The van der Waals surface area contributed by atoms with Crippen molar-refractivity contribution in [3.63, 3.8) is 0 Å². The Morgan fingerprint density at radius 3 is 2.68 bits per heavy atom. The van der Waals surface area contributed by atoms with E-state index >= 15 is 0 Å². The van der Waals surface area contributed by atoms with Crippen molar-refractivity contribution in [2.45, 2.75) is 13.5 Å². The summed E-state index contributed by atoms with van der Waals surface area (Å²) in [5.74, 6) is 0.363. The van der Waals surface area contributed by atoms with Crippen LogP contribution in [0.2, 0.25) is 10.0 Å². The van der Waals surface area contributed by atoms with E-state index in [9.17, 15) is 4.79 Å². The molecule has 0 fully saturated rings. The monoisotopic (exact) mass is 294 g/mol. The maximum absolute atomic E-state index is 11.0. The lowest BCUT2D eigenvalue weighted by atomic mass is 10.1. The van der Waals surface area contributed by atoms with E-state index in [0.29, 0.717) is 34.3 Å². The van der Waals surface area contributed by atoms with E-state index in [1.807, 2.05) is 31.2 Å². The van der Waals surface area contributed by atoms with Gasteiger partial charge in [-0.1, -0.05) is 53.0 Å². The highest BCUT2D eigenvalue weighted by atomic mass is 35.5. The van der Waals surface area contributed by atoms with E-state index in [1.165, 1.54) is 6.07 Å². The normalized spacial score (nSPS) is 10.3. The molecule has 0 spiro atoms. The summed E-state index contributed by atoms with van der Waals surface area (Å²) in [5, 5.41) is 0.747. The maximum Gasteiger partial charge on any atom is 0.153 e. The smallest absolute Gasteiger partial charge is 0.153 e. The zero-order chi connectivity index (χ0) is 13.8. The molecule has 0 aliphatic heterocycles. The van der Waals surface area contributed by atoms with Gasteiger partial charge >= 0.3 is 0 Å². The van der Waals surface area contributed by atoms with E-state index in [-0.39, 0.29) is 0 Å². The van der Waals surface area contributed by atoms with Gasteiger partial charge in [0, 0.05) is 5.02 Å². The lowest BCUT2D eigenvalue weighted by Gasteiger charge is -2.11. The van der Waals surface area contributed by atoms with Gasteiger partial charge in [0.1, 0.15) is 12.4 Å². The van der Waals surface area contributed by atoms with Crippen molar-refractivity contribution in [2.75, 3.05) is 0 Å². The molecule has 0 radical (unpaired) electrons. The van der Waals surface area contributed by atoms with Crippen LogP contribution in [0, 0.1) is 6.92 Å². The number of halogens is 2. The maximum atomic E-state index is 11.0. The van der Waals surface area contributed by atoms with Gasteiger partial charge in [-0.3, -0.25) is 4.79 Å². The van der Waals surface area contributed by atoms with Gasteiger partial charge in [-0.25, -0.2) is 0 Å². The molecule has 2 nitrogen and oxygen atoms in total. The van der Waals surface area contributed by atoms with Gasteiger partial charge in [-0.2, -0.15) is 0 Å². The molecule has 0 heterocycles. The molecule has 0 saturated carbocycles. The van der Waals surface area contributed by atoms with Crippen molar-refractivity contribution < 1.29 is 9.53 Å². The first kappa shape index (κ1) is 13.9. The molecule has 0 aliphatic rings. The van der Waals surface area contributed by atoms with E-state index in [1.54, 1.807) is 6.07 Å². The standard InChI is InChI=1S/C15H12Cl2O2/c1-10-3-2-4-11(5-10)9-19-15-12(8-18)6-13(16)7-14(15)17/h2-8H,9H2,1H3. The van der Waals surface area contributed by atoms with Gasteiger partial charge in [0.05, 0.1) is 10.6 Å².